The lowest BCUT2D eigenvalue weighted by atomic mass is 10.1. The number of nitrogens with zero attached hydrogens (tertiary/aromatic N) is 1. The average molecular weight is 282 g/mol. The molecule has 1 unspecified atom stereocenters. The first-order valence-corrected chi connectivity index (χ1v) is 7.23. The number of methoxy groups -OCH3 is 1. The fraction of sp³-hybridized carbons (Fsp3) is 0.538. The van der Waals surface area contributed by atoms with Crippen LogP contribution in [0.4, 0.5) is 11.4 Å². The summed E-state index contributed by atoms with van der Waals surface area (Å²) in [4.78, 5) is 10.7. The van der Waals surface area contributed by atoms with Crippen LogP contribution >= 0.6 is 11.8 Å². The summed E-state index contributed by atoms with van der Waals surface area (Å²) in [6, 6.07) is 4.89. The lowest BCUT2D eigenvalue weighted by Gasteiger charge is -2.23. The first-order valence-electron chi connectivity index (χ1n) is 6.24. The van der Waals surface area contributed by atoms with Crippen LogP contribution in [0.15, 0.2) is 18.2 Å². The fourth-order valence-corrected chi connectivity index (χ4v) is 3.44. The van der Waals surface area contributed by atoms with Crippen molar-refractivity contribution >= 4 is 23.1 Å². The van der Waals surface area contributed by atoms with Crippen LogP contribution in [0.1, 0.15) is 19.8 Å². The van der Waals surface area contributed by atoms with Crippen LogP contribution in [0, 0.1) is 10.1 Å². The van der Waals surface area contributed by atoms with Crippen LogP contribution in [0.2, 0.25) is 0 Å². The van der Waals surface area contributed by atoms with E-state index in [1.54, 1.807) is 12.1 Å². The van der Waals surface area contributed by atoms with E-state index in [9.17, 15) is 10.1 Å². The summed E-state index contributed by atoms with van der Waals surface area (Å²) in [6.45, 7) is 2.94. The molecule has 2 rings (SSSR count). The number of nitrogens with one attached hydrogen (secondary N) is 1. The van der Waals surface area contributed by atoms with Gasteiger partial charge < -0.3 is 10.1 Å². The molecule has 19 heavy (non-hydrogen) atoms. The number of hydrogen-bond donors (Lipinski definition) is 1. The molecular formula is C13H18N2O3S. The summed E-state index contributed by atoms with van der Waals surface area (Å²) in [7, 11) is 1.50. The Hall–Kier alpha value is -1.43. The minimum atomic E-state index is -0.380. The van der Waals surface area contributed by atoms with Crippen LogP contribution in [-0.2, 0) is 0 Å². The zero-order valence-corrected chi connectivity index (χ0v) is 12.0. The van der Waals surface area contributed by atoms with E-state index in [2.05, 4.69) is 12.2 Å². The van der Waals surface area contributed by atoms with Gasteiger partial charge in [-0.1, -0.05) is 0 Å². The van der Waals surface area contributed by atoms with Gasteiger partial charge in [0.2, 0.25) is 0 Å². The highest BCUT2D eigenvalue weighted by atomic mass is 32.2. The first-order chi connectivity index (χ1) is 9.04. The molecule has 0 aromatic heterocycles. The Kier molecular flexibility index (Phi) is 4.19. The molecule has 6 heteroatoms. The number of ether oxygens (including phenoxy) is 1. The largest absolute Gasteiger partial charge is 0.496 e. The predicted octanol–water partition coefficient (Wildman–Crippen LogP) is 3.30. The quantitative estimate of drug-likeness (QED) is 0.663. The molecule has 104 valence electrons. The summed E-state index contributed by atoms with van der Waals surface area (Å²) in [6.07, 6.45) is 2.36. The summed E-state index contributed by atoms with van der Waals surface area (Å²) in [5.41, 5.74) is 0.616. The van der Waals surface area contributed by atoms with Crippen molar-refractivity contribution in [3.63, 3.8) is 0 Å². The molecule has 0 spiro atoms. The molecule has 1 heterocycles. The van der Waals surface area contributed by atoms with Gasteiger partial charge in [-0.25, -0.2) is 0 Å². The second-order valence-corrected chi connectivity index (χ2v) is 6.58. The number of hydrogen-bond acceptors (Lipinski definition) is 5. The molecule has 1 aliphatic rings. The Bertz CT molecular complexity index is 473. The van der Waals surface area contributed by atoms with Crippen molar-refractivity contribution in [2.75, 3.05) is 24.7 Å². The van der Waals surface area contributed by atoms with E-state index < -0.39 is 0 Å². The Morgan fingerprint density at radius 1 is 1.58 bits per heavy atom. The topological polar surface area (TPSA) is 64.4 Å². The minimum Gasteiger partial charge on any atom is -0.496 e. The first kappa shape index (κ1) is 14.0. The molecular weight excluding hydrogens is 264 g/mol. The van der Waals surface area contributed by atoms with Gasteiger partial charge in [-0.15, -0.1) is 0 Å². The molecule has 0 aliphatic carbocycles. The van der Waals surface area contributed by atoms with Gasteiger partial charge in [-0.05, 0) is 37.7 Å². The second kappa shape index (κ2) is 5.69. The summed E-state index contributed by atoms with van der Waals surface area (Å²) < 4.78 is 5.20. The molecule has 0 radical (unpaired) electrons. The minimum absolute atomic E-state index is 0.0611. The highest BCUT2D eigenvalue weighted by Crippen LogP contribution is 2.38. The van der Waals surface area contributed by atoms with Crippen molar-refractivity contribution in [3.05, 3.63) is 28.3 Å². The van der Waals surface area contributed by atoms with Gasteiger partial charge in [0, 0.05) is 11.3 Å². The summed E-state index contributed by atoms with van der Waals surface area (Å²) >= 11 is 1.93. The Labute approximate surface area is 116 Å². The van der Waals surface area contributed by atoms with Crippen molar-refractivity contribution in [1.29, 1.82) is 0 Å². The van der Waals surface area contributed by atoms with E-state index in [4.69, 9.17) is 4.74 Å². The summed E-state index contributed by atoms with van der Waals surface area (Å²) in [5.74, 6) is 1.67. The fourth-order valence-electron chi connectivity index (χ4n) is 2.20. The van der Waals surface area contributed by atoms with Gasteiger partial charge in [0.15, 0.2) is 0 Å². The van der Waals surface area contributed by atoms with Crippen LogP contribution in [0.25, 0.3) is 0 Å². The maximum Gasteiger partial charge on any atom is 0.296 e. The van der Waals surface area contributed by atoms with Crippen molar-refractivity contribution < 1.29 is 9.66 Å². The standard InChI is InChI=1S/C13H18N2O3S/c1-13(6-3-7-19-13)9-14-11-5-4-10(18-2)8-12(11)15(16)17/h4-5,8,14H,3,6-7,9H2,1-2H3. The molecule has 1 fully saturated rings. The van der Waals surface area contributed by atoms with Crippen molar-refractivity contribution in [1.82, 2.24) is 0 Å². The number of rotatable bonds is 5. The highest BCUT2D eigenvalue weighted by Gasteiger charge is 2.29. The van der Waals surface area contributed by atoms with E-state index in [-0.39, 0.29) is 15.4 Å². The van der Waals surface area contributed by atoms with Crippen LogP contribution in [-0.4, -0.2) is 29.1 Å². The van der Waals surface area contributed by atoms with Gasteiger partial charge in [0.1, 0.15) is 11.4 Å². The van der Waals surface area contributed by atoms with Crippen molar-refractivity contribution in [3.8, 4) is 5.75 Å². The van der Waals surface area contributed by atoms with Crippen LogP contribution in [0.3, 0.4) is 0 Å². The van der Waals surface area contributed by atoms with Gasteiger partial charge in [-0.2, -0.15) is 11.8 Å². The number of nitro groups is 1. The second-order valence-electron chi connectivity index (χ2n) is 4.90. The molecule has 0 amide bonds. The van der Waals surface area contributed by atoms with E-state index >= 15 is 0 Å². The molecule has 1 saturated heterocycles. The Balaban J connectivity index is 2.13. The molecule has 1 atom stereocenters. The monoisotopic (exact) mass is 282 g/mol. The number of thioether (sulfide) groups is 1. The Morgan fingerprint density at radius 3 is 2.95 bits per heavy atom. The highest BCUT2D eigenvalue weighted by molar-refractivity contribution is 8.00. The van der Waals surface area contributed by atoms with Crippen molar-refractivity contribution in [2.24, 2.45) is 0 Å². The van der Waals surface area contributed by atoms with Crippen molar-refractivity contribution in [2.45, 2.75) is 24.5 Å². The smallest absolute Gasteiger partial charge is 0.296 e. The number of nitro benzene ring substituents is 1. The normalized spacial score (nSPS) is 22.2. The maximum absolute atomic E-state index is 11.1. The lowest BCUT2D eigenvalue weighted by molar-refractivity contribution is -0.384. The third-order valence-electron chi connectivity index (χ3n) is 3.35. The van der Waals surface area contributed by atoms with Gasteiger partial charge in [0.05, 0.1) is 18.1 Å². The van der Waals surface area contributed by atoms with E-state index in [1.165, 1.54) is 25.3 Å². The average Bonchev–Trinajstić information content (AvgIpc) is 2.83. The molecule has 1 N–H and O–H groups in total. The van der Waals surface area contributed by atoms with Gasteiger partial charge in [0.25, 0.3) is 5.69 Å². The molecule has 1 aromatic rings. The van der Waals surface area contributed by atoms with E-state index in [0.29, 0.717) is 11.4 Å². The number of anilines is 1. The molecule has 1 aliphatic heterocycles. The lowest BCUT2D eigenvalue weighted by Crippen LogP contribution is -2.27. The maximum atomic E-state index is 11.1. The molecule has 5 nitrogen and oxygen atoms in total. The summed E-state index contributed by atoms with van der Waals surface area (Å²) in [5, 5.41) is 14.3. The van der Waals surface area contributed by atoms with Crippen LogP contribution in [0.5, 0.6) is 5.75 Å². The van der Waals surface area contributed by atoms with Crippen LogP contribution < -0.4 is 10.1 Å². The van der Waals surface area contributed by atoms with E-state index in [0.717, 1.165) is 13.0 Å². The zero-order valence-electron chi connectivity index (χ0n) is 11.1. The molecule has 0 bridgehead atoms. The predicted molar refractivity (Wildman–Crippen MR) is 78.2 cm³/mol. The molecule has 0 saturated carbocycles. The van der Waals surface area contributed by atoms with Gasteiger partial charge >= 0.3 is 0 Å². The third-order valence-corrected chi connectivity index (χ3v) is 4.89. The number of benzene rings is 1. The molecule has 1 aromatic carbocycles. The zero-order chi connectivity index (χ0) is 13.9. The van der Waals surface area contributed by atoms with Gasteiger partial charge in [-0.3, -0.25) is 10.1 Å². The van der Waals surface area contributed by atoms with E-state index in [1.807, 2.05) is 11.8 Å². The SMILES string of the molecule is COc1ccc(NCC2(C)CCCS2)c([N+](=O)[O-])c1. The third kappa shape index (κ3) is 3.32. The Morgan fingerprint density at radius 2 is 2.37 bits per heavy atom.